The summed E-state index contributed by atoms with van der Waals surface area (Å²) < 4.78 is 19.7. The van der Waals surface area contributed by atoms with Gasteiger partial charge >= 0.3 is 5.97 Å². The van der Waals surface area contributed by atoms with Crippen molar-refractivity contribution in [1.29, 1.82) is 0 Å². The van der Waals surface area contributed by atoms with Crippen LogP contribution in [-0.2, 0) is 11.4 Å². The number of aliphatic hydroxyl groups excluding tert-OH is 2. The number of hydrogen-bond donors (Lipinski definition) is 3. The SMILES string of the molecule is CC(C)c1cc(OCc2ccncc2)cc(-c2ccc(F)cc2)c1/C=C/C(O)CC(O)CC(=O)O. The number of hydrogen-bond acceptors (Lipinski definition) is 5. The van der Waals surface area contributed by atoms with Gasteiger partial charge in [0, 0.05) is 18.8 Å². The van der Waals surface area contributed by atoms with E-state index in [0.717, 1.165) is 27.8 Å². The summed E-state index contributed by atoms with van der Waals surface area (Å²) in [6, 6.07) is 13.7. The molecule has 3 N–H and O–H groups in total. The van der Waals surface area contributed by atoms with Gasteiger partial charge in [-0.25, -0.2) is 4.39 Å². The van der Waals surface area contributed by atoms with Gasteiger partial charge in [-0.3, -0.25) is 9.78 Å². The lowest BCUT2D eigenvalue weighted by Crippen LogP contribution is -2.19. The quantitative estimate of drug-likeness (QED) is 0.350. The Labute approximate surface area is 204 Å². The van der Waals surface area contributed by atoms with Gasteiger partial charge in [0.05, 0.1) is 18.6 Å². The Kier molecular flexibility index (Phi) is 9.11. The number of rotatable bonds is 11. The zero-order valence-electron chi connectivity index (χ0n) is 19.8. The van der Waals surface area contributed by atoms with Crippen LogP contribution in [-0.4, -0.2) is 38.5 Å². The van der Waals surface area contributed by atoms with E-state index in [1.54, 1.807) is 30.6 Å². The van der Waals surface area contributed by atoms with E-state index in [2.05, 4.69) is 4.98 Å². The summed E-state index contributed by atoms with van der Waals surface area (Å²) >= 11 is 0. The molecule has 184 valence electrons. The molecule has 0 aliphatic rings. The summed E-state index contributed by atoms with van der Waals surface area (Å²) in [6.07, 6.45) is 3.98. The lowest BCUT2D eigenvalue weighted by atomic mass is 9.89. The Bertz CT molecular complexity index is 1150. The fraction of sp³-hybridized carbons (Fsp3) is 0.286. The minimum absolute atomic E-state index is 0.0984. The van der Waals surface area contributed by atoms with Crippen LogP contribution < -0.4 is 4.74 Å². The molecule has 2 atom stereocenters. The number of aromatic nitrogens is 1. The van der Waals surface area contributed by atoms with Gasteiger partial charge in [0.1, 0.15) is 18.2 Å². The monoisotopic (exact) mass is 479 g/mol. The van der Waals surface area contributed by atoms with E-state index in [-0.39, 0.29) is 18.2 Å². The highest BCUT2D eigenvalue weighted by molar-refractivity contribution is 5.79. The van der Waals surface area contributed by atoms with Gasteiger partial charge in [-0.2, -0.15) is 0 Å². The van der Waals surface area contributed by atoms with Gasteiger partial charge in [-0.1, -0.05) is 38.1 Å². The molecule has 3 rings (SSSR count). The summed E-state index contributed by atoms with van der Waals surface area (Å²) in [4.78, 5) is 14.8. The molecule has 1 aromatic heterocycles. The first-order chi connectivity index (χ1) is 16.7. The average Bonchev–Trinajstić information content (AvgIpc) is 2.81. The molecule has 2 aromatic carbocycles. The van der Waals surface area contributed by atoms with Crippen LogP contribution in [0.5, 0.6) is 5.75 Å². The molecule has 0 fully saturated rings. The van der Waals surface area contributed by atoms with Crippen molar-refractivity contribution in [3.63, 3.8) is 0 Å². The smallest absolute Gasteiger partial charge is 0.305 e. The largest absolute Gasteiger partial charge is 0.489 e. The third-order valence-electron chi connectivity index (χ3n) is 5.53. The van der Waals surface area contributed by atoms with Crippen LogP contribution in [0.2, 0.25) is 0 Å². The third-order valence-corrected chi connectivity index (χ3v) is 5.53. The Balaban J connectivity index is 1.98. The molecule has 0 radical (unpaired) electrons. The molecule has 0 amide bonds. The number of carboxylic acids is 1. The maximum atomic E-state index is 13.6. The summed E-state index contributed by atoms with van der Waals surface area (Å²) in [5.74, 6) is -0.716. The number of halogens is 1. The zero-order chi connectivity index (χ0) is 25.4. The molecular weight excluding hydrogens is 449 g/mol. The molecule has 3 aromatic rings. The number of ether oxygens (including phenoxy) is 1. The van der Waals surface area contributed by atoms with Crippen molar-refractivity contribution in [3.05, 3.63) is 89.5 Å². The minimum Gasteiger partial charge on any atom is -0.489 e. The van der Waals surface area contributed by atoms with Gasteiger partial charge in [-0.05, 0) is 70.1 Å². The highest BCUT2D eigenvalue weighted by Gasteiger charge is 2.17. The fourth-order valence-corrected chi connectivity index (χ4v) is 3.76. The number of benzene rings is 2. The highest BCUT2D eigenvalue weighted by atomic mass is 19.1. The molecule has 35 heavy (non-hydrogen) atoms. The lowest BCUT2D eigenvalue weighted by molar-refractivity contribution is -0.139. The van der Waals surface area contributed by atoms with Gasteiger partial charge in [0.15, 0.2) is 0 Å². The second-order valence-corrected chi connectivity index (χ2v) is 8.69. The number of aliphatic carboxylic acids is 1. The zero-order valence-corrected chi connectivity index (χ0v) is 19.8. The summed E-state index contributed by atoms with van der Waals surface area (Å²) in [5, 5.41) is 29.0. The molecular formula is C28H30FNO5. The second kappa shape index (κ2) is 12.2. The Morgan fingerprint density at radius 1 is 1.09 bits per heavy atom. The van der Waals surface area contributed by atoms with Crippen LogP contribution in [0.1, 0.15) is 49.3 Å². The molecule has 0 aliphatic carbocycles. The van der Waals surface area contributed by atoms with Gasteiger partial charge in [0.25, 0.3) is 0 Å². The van der Waals surface area contributed by atoms with E-state index in [9.17, 15) is 19.4 Å². The third kappa shape index (κ3) is 7.73. The number of pyridine rings is 1. The van der Waals surface area contributed by atoms with Crippen LogP contribution in [0.4, 0.5) is 4.39 Å². The molecule has 6 nitrogen and oxygen atoms in total. The summed E-state index contributed by atoms with van der Waals surface area (Å²) in [6.45, 7) is 4.44. The molecule has 0 bridgehead atoms. The van der Waals surface area contributed by atoms with Crippen molar-refractivity contribution in [2.24, 2.45) is 0 Å². The van der Waals surface area contributed by atoms with E-state index in [1.165, 1.54) is 18.2 Å². The Morgan fingerprint density at radius 3 is 2.40 bits per heavy atom. The molecule has 0 saturated carbocycles. The van der Waals surface area contributed by atoms with Gasteiger partial charge in [0.2, 0.25) is 0 Å². The van der Waals surface area contributed by atoms with E-state index >= 15 is 0 Å². The predicted octanol–water partition coefficient (Wildman–Crippen LogP) is 5.19. The molecule has 1 heterocycles. The van der Waals surface area contributed by atoms with Crippen molar-refractivity contribution in [3.8, 4) is 16.9 Å². The van der Waals surface area contributed by atoms with Gasteiger partial charge < -0.3 is 20.1 Å². The van der Waals surface area contributed by atoms with E-state index in [4.69, 9.17) is 9.84 Å². The standard InChI is InChI=1S/C28H30FNO5/c1-18(2)26-15-24(35-17-19-9-11-30-12-10-19)16-27(20-3-5-21(29)6-4-20)25(26)8-7-22(31)13-23(32)14-28(33)34/h3-12,15-16,18,22-23,31-32H,13-14,17H2,1-2H3,(H,33,34)/b8-7+. The van der Waals surface area contributed by atoms with Crippen molar-refractivity contribution in [2.75, 3.05) is 0 Å². The number of carbonyl (C=O) groups is 1. The van der Waals surface area contributed by atoms with E-state index in [0.29, 0.717) is 12.4 Å². The average molecular weight is 480 g/mol. The minimum atomic E-state index is -1.16. The normalized spacial score (nSPS) is 13.2. The predicted molar refractivity (Wildman–Crippen MR) is 132 cm³/mol. The van der Waals surface area contributed by atoms with Crippen LogP contribution in [0, 0.1) is 5.82 Å². The van der Waals surface area contributed by atoms with Gasteiger partial charge in [-0.15, -0.1) is 0 Å². The first-order valence-electron chi connectivity index (χ1n) is 11.4. The number of carboxylic acid groups (broad SMARTS) is 1. The van der Waals surface area contributed by atoms with Crippen molar-refractivity contribution < 1.29 is 29.2 Å². The molecule has 0 spiro atoms. The number of aliphatic hydroxyl groups is 2. The van der Waals surface area contributed by atoms with Crippen molar-refractivity contribution in [1.82, 2.24) is 4.98 Å². The highest BCUT2D eigenvalue weighted by Crippen LogP contribution is 2.36. The van der Waals surface area contributed by atoms with E-state index in [1.807, 2.05) is 38.1 Å². The van der Waals surface area contributed by atoms with Crippen molar-refractivity contribution >= 4 is 12.0 Å². The van der Waals surface area contributed by atoms with Crippen LogP contribution >= 0.6 is 0 Å². The maximum Gasteiger partial charge on any atom is 0.305 e. The van der Waals surface area contributed by atoms with Crippen LogP contribution in [0.3, 0.4) is 0 Å². The van der Waals surface area contributed by atoms with Crippen LogP contribution in [0.15, 0.2) is 67.0 Å². The Hall–Kier alpha value is -3.55. The first-order valence-corrected chi connectivity index (χ1v) is 11.4. The molecule has 0 aliphatic heterocycles. The first kappa shape index (κ1) is 26.1. The van der Waals surface area contributed by atoms with E-state index < -0.39 is 24.6 Å². The fourth-order valence-electron chi connectivity index (χ4n) is 3.76. The topological polar surface area (TPSA) is 99.9 Å². The molecule has 7 heteroatoms. The molecule has 2 unspecified atom stereocenters. The van der Waals surface area contributed by atoms with Crippen LogP contribution in [0.25, 0.3) is 17.2 Å². The molecule has 0 saturated heterocycles. The lowest BCUT2D eigenvalue weighted by Gasteiger charge is -2.19. The maximum absolute atomic E-state index is 13.6. The summed E-state index contributed by atoms with van der Waals surface area (Å²) in [7, 11) is 0. The Morgan fingerprint density at radius 2 is 1.77 bits per heavy atom. The van der Waals surface area contributed by atoms with Crippen molar-refractivity contribution in [2.45, 2.75) is 51.4 Å². The second-order valence-electron chi connectivity index (χ2n) is 8.69. The summed E-state index contributed by atoms with van der Waals surface area (Å²) in [5.41, 5.74) is 4.35. The number of nitrogens with zero attached hydrogens (tertiary/aromatic N) is 1.